The van der Waals surface area contributed by atoms with Crippen molar-refractivity contribution in [2.75, 3.05) is 6.61 Å². The molecular weight excluding hydrogens is 386 g/mol. The Bertz CT molecular complexity index is 1040. The molecule has 0 bridgehead atoms. The Kier molecular flexibility index (Phi) is 6.52. The SMILES string of the molecule is CCOC(=O)C(F)(F)/C=C(/C(=O)c1ccccc1)c1ccc(-c2ccccc2)cc1. The minimum atomic E-state index is -3.94. The van der Waals surface area contributed by atoms with Gasteiger partial charge in [-0.05, 0) is 23.6 Å². The second kappa shape index (κ2) is 9.27. The van der Waals surface area contributed by atoms with Gasteiger partial charge in [-0.1, -0.05) is 84.9 Å². The lowest BCUT2D eigenvalue weighted by molar-refractivity contribution is -0.164. The third-order valence-electron chi connectivity index (χ3n) is 4.46. The van der Waals surface area contributed by atoms with E-state index in [2.05, 4.69) is 4.74 Å². The molecule has 0 saturated heterocycles. The molecule has 5 heteroatoms. The molecule has 0 aliphatic heterocycles. The van der Waals surface area contributed by atoms with Crippen LogP contribution in [0.25, 0.3) is 16.7 Å². The van der Waals surface area contributed by atoms with Gasteiger partial charge in [-0.25, -0.2) is 4.79 Å². The molecule has 0 atom stereocenters. The molecule has 0 N–H and O–H groups in total. The van der Waals surface area contributed by atoms with Gasteiger partial charge in [-0.2, -0.15) is 8.78 Å². The van der Waals surface area contributed by atoms with Crippen molar-refractivity contribution in [2.45, 2.75) is 12.8 Å². The quantitative estimate of drug-likeness (QED) is 0.282. The van der Waals surface area contributed by atoms with Crippen molar-refractivity contribution in [2.24, 2.45) is 0 Å². The molecule has 0 spiro atoms. The highest BCUT2D eigenvalue weighted by atomic mass is 19.3. The van der Waals surface area contributed by atoms with Crippen LogP contribution < -0.4 is 0 Å². The molecular formula is C25H20F2O3. The molecule has 0 aliphatic carbocycles. The minimum absolute atomic E-state index is 0.185. The number of halogens is 2. The van der Waals surface area contributed by atoms with E-state index >= 15 is 0 Å². The number of ketones is 1. The normalized spacial score (nSPS) is 11.8. The van der Waals surface area contributed by atoms with E-state index in [1.54, 1.807) is 42.5 Å². The fourth-order valence-electron chi connectivity index (χ4n) is 2.97. The van der Waals surface area contributed by atoms with Crippen molar-refractivity contribution >= 4 is 17.3 Å². The number of benzene rings is 3. The Balaban J connectivity index is 2.04. The number of esters is 1. The van der Waals surface area contributed by atoms with Gasteiger partial charge in [0.2, 0.25) is 0 Å². The van der Waals surface area contributed by atoms with Crippen LogP contribution in [-0.4, -0.2) is 24.3 Å². The average Bonchev–Trinajstić information content (AvgIpc) is 2.78. The fraction of sp³-hybridized carbons (Fsp3) is 0.120. The average molecular weight is 406 g/mol. The summed E-state index contributed by atoms with van der Waals surface area (Å²) >= 11 is 0. The zero-order chi connectivity index (χ0) is 21.6. The molecule has 3 rings (SSSR count). The number of ether oxygens (including phenoxy) is 1. The largest absolute Gasteiger partial charge is 0.461 e. The first-order chi connectivity index (χ1) is 14.4. The van der Waals surface area contributed by atoms with Crippen LogP contribution >= 0.6 is 0 Å². The third kappa shape index (κ3) is 4.87. The molecule has 0 saturated carbocycles. The second-order valence-electron chi connectivity index (χ2n) is 6.54. The van der Waals surface area contributed by atoms with Crippen molar-refractivity contribution in [1.82, 2.24) is 0 Å². The number of Topliss-reactive ketones (excluding diaryl/α,β-unsaturated/α-hetero) is 1. The summed E-state index contributed by atoms with van der Waals surface area (Å²) in [6.45, 7) is 1.26. The van der Waals surface area contributed by atoms with Crippen molar-refractivity contribution < 1.29 is 23.1 Å². The van der Waals surface area contributed by atoms with Crippen LogP contribution in [0.15, 0.2) is 91.0 Å². The number of carbonyl (C=O) groups excluding carboxylic acids is 2. The maximum atomic E-state index is 14.5. The third-order valence-corrected chi connectivity index (χ3v) is 4.46. The molecule has 0 heterocycles. The Labute approximate surface area is 173 Å². The predicted molar refractivity (Wildman–Crippen MR) is 112 cm³/mol. The fourth-order valence-corrected chi connectivity index (χ4v) is 2.97. The van der Waals surface area contributed by atoms with Gasteiger partial charge >= 0.3 is 11.9 Å². The number of hydrogen-bond donors (Lipinski definition) is 0. The van der Waals surface area contributed by atoms with Crippen LogP contribution in [-0.2, 0) is 9.53 Å². The molecule has 0 aliphatic rings. The summed E-state index contributed by atoms with van der Waals surface area (Å²) in [5, 5.41) is 0. The zero-order valence-electron chi connectivity index (χ0n) is 16.3. The van der Waals surface area contributed by atoms with Crippen LogP contribution in [0.2, 0.25) is 0 Å². The highest BCUT2D eigenvalue weighted by Crippen LogP contribution is 2.29. The molecule has 0 amide bonds. The number of carbonyl (C=O) groups is 2. The van der Waals surface area contributed by atoms with Gasteiger partial charge in [0.1, 0.15) is 0 Å². The van der Waals surface area contributed by atoms with Gasteiger partial charge < -0.3 is 4.74 Å². The lowest BCUT2D eigenvalue weighted by Crippen LogP contribution is -2.29. The summed E-state index contributed by atoms with van der Waals surface area (Å²) in [6, 6.07) is 24.3. The van der Waals surface area contributed by atoms with E-state index in [0.29, 0.717) is 6.08 Å². The topological polar surface area (TPSA) is 43.4 Å². The number of rotatable bonds is 7. The standard InChI is InChI=1S/C25H20F2O3/c1-2-30-24(29)25(26,27)17-22(23(28)21-11-7-4-8-12-21)20-15-13-19(14-16-20)18-9-5-3-6-10-18/h3-17H,2H2,1H3/b22-17+. The molecule has 0 fully saturated rings. The number of allylic oxidation sites excluding steroid dienone is 1. The zero-order valence-corrected chi connectivity index (χ0v) is 16.3. The van der Waals surface area contributed by atoms with Gasteiger partial charge in [0.05, 0.1) is 6.61 Å². The van der Waals surface area contributed by atoms with Crippen LogP contribution in [0.4, 0.5) is 8.78 Å². The van der Waals surface area contributed by atoms with Gasteiger partial charge in [0.25, 0.3) is 0 Å². The first-order valence-corrected chi connectivity index (χ1v) is 9.46. The smallest absolute Gasteiger partial charge is 0.381 e. The van der Waals surface area contributed by atoms with Crippen molar-refractivity contribution in [3.8, 4) is 11.1 Å². The molecule has 0 aromatic heterocycles. The molecule has 3 nitrogen and oxygen atoms in total. The van der Waals surface area contributed by atoms with E-state index in [9.17, 15) is 18.4 Å². The molecule has 30 heavy (non-hydrogen) atoms. The Morgan fingerprint density at radius 2 is 1.33 bits per heavy atom. The highest BCUT2D eigenvalue weighted by Gasteiger charge is 2.39. The van der Waals surface area contributed by atoms with Crippen molar-refractivity contribution in [3.05, 3.63) is 102 Å². The summed E-state index contributed by atoms with van der Waals surface area (Å²) in [5.74, 6) is -6.23. The monoisotopic (exact) mass is 406 g/mol. The lowest BCUT2D eigenvalue weighted by atomic mass is 9.93. The maximum absolute atomic E-state index is 14.5. The molecule has 3 aromatic carbocycles. The molecule has 0 radical (unpaired) electrons. The number of hydrogen-bond acceptors (Lipinski definition) is 3. The highest BCUT2D eigenvalue weighted by molar-refractivity contribution is 6.29. The maximum Gasteiger partial charge on any atom is 0.381 e. The van der Waals surface area contributed by atoms with E-state index < -0.39 is 17.7 Å². The first-order valence-electron chi connectivity index (χ1n) is 9.46. The number of alkyl halides is 2. The van der Waals surface area contributed by atoms with Crippen molar-refractivity contribution in [3.63, 3.8) is 0 Å². The Morgan fingerprint density at radius 1 is 0.800 bits per heavy atom. The second-order valence-corrected chi connectivity index (χ2v) is 6.54. The van der Waals surface area contributed by atoms with Crippen LogP contribution in [0, 0.1) is 0 Å². The summed E-state index contributed by atoms with van der Waals surface area (Å²) in [4.78, 5) is 24.7. The van der Waals surface area contributed by atoms with Gasteiger partial charge in [-0.15, -0.1) is 0 Å². The molecule has 3 aromatic rings. The van der Waals surface area contributed by atoms with E-state index in [4.69, 9.17) is 0 Å². The van der Waals surface area contributed by atoms with Crippen molar-refractivity contribution in [1.29, 1.82) is 0 Å². The summed E-state index contributed by atoms with van der Waals surface area (Å²) < 4.78 is 33.4. The molecule has 0 unspecified atom stereocenters. The van der Waals surface area contributed by atoms with E-state index in [1.807, 2.05) is 30.3 Å². The predicted octanol–water partition coefficient (Wildman–Crippen LogP) is 5.82. The van der Waals surface area contributed by atoms with Gasteiger partial charge in [-0.3, -0.25) is 4.79 Å². The Morgan fingerprint density at radius 3 is 1.90 bits per heavy atom. The van der Waals surface area contributed by atoms with E-state index in [0.717, 1.165) is 11.1 Å². The van der Waals surface area contributed by atoms with Crippen LogP contribution in [0.3, 0.4) is 0 Å². The van der Waals surface area contributed by atoms with Crippen LogP contribution in [0.5, 0.6) is 0 Å². The lowest BCUT2D eigenvalue weighted by Gasteiger charge is -2.14. The first kappa shape index (κ1) is 21.1. The summed E-state index contributed by atoms with van der Waals surface area (Å²) in [5.41, 5.74) is 2.10. The van der Waals surface area contributed by atoms with E-state index in [-0.39, 0.29) is 23.3 Å². The van der Waals surface area contributed by atoms with Gasteiger partial charge in [0, 0.05) is 17.2 Å². The summed E-state index contributed by atoms with van der Waals surface area (Å²) in [6.07, 6.45) is 0.387. The minimum Gasteiger partial charge on any atom is -0.461 e. The summed E-state index contributed by atoms with van der Waals surface area (Å²) in [7, 11) is 0. The Hall–Kier alpha value is -3.60. The van der Waals surface area contributed by atoms with E-state index in [1.165, 1.54) is 19.1 Å². The van der Waals surface area contributed by atoms with Gasteiger partial charge in [0.15, 0.2) is 5.78 Å². The molecule has 152 valence electrons. The van der Waals surface area contributed by atoms with Crippen LogP contribution in [0.1, 0.15) is 22.8 Å².